The maximum Gasteiger partial charge on any atom is 0.264 e. The van der Waals surface area contributed by atoms with Crippen LogP contribution in [0.2, 0.25) is 0 Å². The number of nitrogens with one attached hydrogen (secondary N) is 2. The molecule has 5 aromatic rings. The van der Waals surface area contributed by atoms with Crippen molar-refractivity contribution in [3.63, 3.8) is 0 Å². The fourth-order valence-electron chi connectivity index (χ4n) is 4.39. The molecule has 0 aliphatic carbocycles. The lowest BCUT2D eigenvalue weighted by Crippen LogP contribution is -2.25. The zero-order valence-electron chi connectivity index (χ0n) is 21.9. The van der Waals surface area contributed by atoms with E-state index < -0.39 is 10.0 Å². The van der Waals surface area contributed by atoms with Crippen LogP contribution in [0.15, 0.2) is 89.1 Å². The molecule has 0 saturated carbocycles. The molecule has 0 saturated heterocycles. The second-order valence-corrected chi connectivity index (χ2v) is 11.3. The molecule has 0 amide bonds. The summed E-state index contributed by atoms with van der Waals surface area (Å²) in [7, 11) is -2.48. The van der Waals surface area contributed by atoms with E-state index in [0.717, 1.165) is 15.8 Å². The van der Waals surface area contributed by atoms with Gasteiger partial charge >= 0.3 is 0 Å². The van der Waals surface area contributed by atoms with Crippen molar-refractivity contribution in [2.24, 2.45) is 0 Å². The highest BCUT2D eigenvalue weighted by Gasteiger charge is 2.24. The number of thiophene rings is 1. The molecule has 0 spiro atoms. The molecule has 0 aliphatic heterocycles. The number of methoxy groups -OCH3 is 1. The van der Waals surface area contributed by atoms with E-state index in [1.165, 1.54) is 7.11 Å². The maximum absolute atomic E-state index is 13.8. The highest BCUT2D eigenvalue weighted by atomic mass is 32.2. The number of ether oxygens (including phenoxy) is 1. The summed E-state index contributed by atoms with van der Waals surface area (Å²) in [4.78, 5) is 12.7. The zero-order valence-corrected chi connectivity index (χ0v) is 23.5. The number of hydrogen-bond donors (Lipinski definition) is 2. The number of nitrogens with zero attached hydrogens (tertiary/aromatic N) is 3. The first-order valence-electron chi connectivity index (χ1n) is 12.6. The van der Waals surface area contributed by atoms with Crippen molar-refractivity contribution < 1.29 is 13.2 Å². The summed E-state index contributed by atoms with van der Waals surface area (Å²) in [6.07, 6.45) is 0. The highest BCUT2D eigenvalue weighted by Crippen LogP contribution is 2.35. The van der Waals surface area contributed by atoms with Crippen molar-refractivity contribution in [2.45, 2.75) is 18.7 Å². The highest BCUT2D eigenvalue weighted by molar-refractivity contribution is 7.93. The van der Waals surface area contributed by atoms with Crippen LogP contribution in [-0.2, 0) is 10.0 Å². The fraction of sp³-hybridized carbons (Fsp3) is 0.172. The van der Waals surface area contributed by atoms with Crippen molar-refractivity contribution in [3.05, 3.63) is 84.2 Å². The minimum absolute atomic E-state index is 0.152. The first kappa shape index (κ1) is 26.5. The van der Waals surface area contributed by atoms with Crippen LogP contribution < -0.4 is 19.7 Å². The van der Waals surface area contributed by atoms with Gasteiger partial charge in [0.2, 0.25) is 0 Å². The largest absolute Gasteiger partial charge is 0.495 e. The average molecular weight is 560 g/mol. The minimum atomic E-state index is -3.99. The normalized spacial score (nSPS) is 11.4. The van der Waals surface area contributed by atoms with Gasteiger partial charge in [0.05, 0.1) is 28.9 Å². The summed E-state index contributed by atoms with van der Waals surface area (Å²) >= 11 is 1.56. The summed E-state index contributed by atoms with van der Waals surface area (Å²) in [6.45, 7) is 5.31. The van der Waals surface area contributed by atoms with Gasteiger partial charge < -0.3 is 15.0 Å². The Morgan fingerprint density at radius 3 is 2.44 bits per heavy atom. The van der Waals surface area contributed by atoms with Gasteiger partial charge in [-0.25, -0.2) is 18.4 Å². The number of benzene rings is 3. The van der Waals surface area contributed by atoms with E-state index >= 15 is 0 Å². The van der Waals surface area contributed by atoms with E-state index in [4.69, 9.17) is 14.7 Å². The molecule has 2 aromatic heterocycles. The van der Waals surface area contributed by atoms with Crippen LogP contribution in [0.3, 0.4) is 0 Å². The van der Waals surface area contributed by atoms with Crippen molar-refractivity contribution >= 4 is 55.1 Å². The van der Waals surface area contributed by atoms with Crippen LogP contribution in [0, 0.1) is 0 Å². The lowest BCUT2D eigenvalue weighted by atomic mass is 10.2. The van der Waals surface area contributed by atoms with Gasteiger partial charge in [-0.2, -0.15) is 0 Å². The third-order valence-corrected chi connectivity index (χ3v) is 8.57. The predicted octanol–water partition coefficient (Wildman–Crippen LogP) is 6.76. The van der Waals surface area contributed by atoms with Gasteiger partial charge in [0, 0.05) is 24.2 Å². The molecule has 0 aliphatic rings. The molecule has 0 fully saturated rings. The molecule has 0 unspecified atom stereocenters. The van der Waals surface area contributed by atoms with E-state index in [-0.39, 0.29) is 4.90 Å². The molecule has 2 N–H and O–H groups in total. The van der Waals surface area contributed by atoms with Crippen LogP contribution >= 0.6 is 11.3 Å². The molecule has 200 valence electrons. The molecular formula is C29H29N5O3S2. The van der Waals surface area contributed by atoms with E-state index in [1.54, 1.807) is 41.7 Å². The third kappa shape index (κ3) is 5.52. The van der Waals surface area contributed by atoms with Gasteiger partial charge in [-0.1, -0.05) is 30.3 Å². The lowest BCUT2D eigenvalue weighted by Gasteiger charge is -2.25. The van der Waals surface area contributed by atoms with Gasteiger partial charge in [0.15, 0.2) is 5.82 Å². The third-order valence-electron chi connectivity index (χ3n) is 6.31. The number of para-hydroxylation sites is 3. The second-order valence-electron chi connectivity index (χ2n) is 8.68. The van der Waals surface area contributed by atoms with Crippen LogP contribution in [0.5, 0.6) is 5.75 Å². The molecule has 2 heterocycles. The Morgan fingerprint density at radius 2 is 1.69 bits per heavy atom. The Morgan fingerprint density at radius 1 is 0.923 bits per heavy atom. The number of sulfonamides is 1. The van der Waals surface area contributed by atoms with Gasteiger partial charge in [-0.3, -0.25) is 4.72 Å². The molecular weight excluding hydrogens is 530 g/mol. The summed E-state index contributed by atoms with van der Waals surface area (Å²) in [5.41, 5.74) is 2.36. The minimum Gasteiger partial charge on any atom is -0.495 e. The first-order chi connectivity index (χ1) is 18.9. The van der Waals surface area contributed by atoms with E-state index in [9.17, 15) is 8.42 Å². The monoisotopic (exact) mass is 559 g/mol. The van der Waals surface area contributed by atoms with Gasteiger partial charge in [0.25, 0.3) is 10.0 Å². The fourth-order valence-corrected chi connectivity index (χ4v) is 6.37. The van der Waals surface area contributed by atoms with Gasteiger partial charge in [-0.05, 0) is 67.8 Å². The molecule has 39 heavy (non-hydrogen) atoms. The number of fused-ring (bicyclic) bond motifs is 1. The summed E-state index contributed by atoms with van der Waals surface area (Å²) < 4.78 is 35.7. The number of aromatic nitrogens is 2. The summed E-state index contributed by atoms with van der Waals surface area (Å²) in [6, 6.07) is 24.0. The molecule has 0 radical (unpaired) electrons. The molecule has 10 heteroatoms. The summed E-state index contributed by atoms with van der Waals surface area (Å²) in [5.74, 6) is 1.64. The number of hydrogen-bond acceptors (Lipinski definition) is 8. The molecule has 3 aromatic carbocycles. The number of rotatable bonds is 10. The SMILES string of the molecule is CCN(CC)c1ccc(Nc2nc(-c3cccs3)nc3ccccc23)cc1S(=O)(=O)Nc1ccccc1OC. The second kappa shape index (κ2) is 11.3. The lowest BCUT2D eigenvalue weighted by molar-refractivity contribution is 0.417. The topological polar surface area (TPSA) is 96.5 Å². The smallest absolute Gasteiger partial charge is 0.264 e. The average Bonchev–Trinajstić information content (AvgIpc) is 3.50. The van der Waals surface area contributed by atoms with E-state index in [0.29, 0.717) is 47.5 Å². The van der Waals surface area contributed by atoms with Crippen LogP contribution in [0.1, 0.15) is 13.8 Å². The predicted molar refractivity (Wildman–Crippen MR) is 160 cm³/mol. The van der Waals surface area contributed by atoms with Crippen LogP contribution in [-0.4, -0.2) is 38.6 Å². The van der Waals surface area contributed by atoms with Crippen molar-refractivity contribution in [2.75, 3.05) is 35.1 Å². The van der Waals surface area contributed by atoms with Crippen LogP contribution in [0.4, 0.5) is 22.9 Å². The van der Waals surface area contributed by atoms with Crippen molar-refractivity contribution in [1.29, 1.82) is 0 Å². The Kier molecular flexibility index (Phi) is 7.67. The molecule has 8 nitrogen and oxygen atoms in total. The van der Waals surface area contributed by atoms with Crippen LogP contribution in [0.25, 0.3) is 21.6 Å². The zero-order chi connectivity index (χ0) is 27.4. The summed E-state index contributed by atoms with van der Waals surface area (Å²) in [5, 5.41) is 6.19. The molecule has 0 bridgehead atoms. The van der Waals surface area contributed by atoms with Crippen molar-refractivity contribution in [1.82, 2.24) is 9.97 Å². The Labute approximate surface area is 232 Å². The molecule has 5 rings (SSSR count). The quantitative estimate of drug-likeness (QED) is 0.195. The Bertz CT molecular complexity index is 1700. The maximum atomic E-state index is 13.8. The standard InChI is InChI=1S/C29H29N5O3S2/c1-4-34(5-2)24-17-16-20(19-27(24)39(35,36)33-23-13-8-9-14-25(23)37-3)30-28-21-11-6-7-12-22(21)31-29(32-28)26-15-10-18-38-26/h6-19,33H,4-5H2,1-3H3,(H,30,31,32). The first-order valence-corrected chi connectivity index (χ1v) is 14.9. The van der Waals surface area contributed by atoms with Gasteiger partial charge in [0.1, 0.15) is 16.5 Å². The Hall–Kier alpha value is -4.15. The number of anilines is 4. The van der Waals surface area contributed by atoms with Crippen molar-refractivity contribution in [3.8, 4) is 16.5 Å². The Balaban J connectivity index is 1.60. The molecule has 0 atom stereocenters. The van der Waals surface area contributed by atoms with E-state index in [2.05, 4.69) is 10.0 Å². The van der Waals surface area contributed by atoms with E-state index in [1.807, 2.05) is 72.7 Å². The van der Waals surface area contributed by atoms with Gasteiger partial charge in [-0.15, -0.1) is 11.3 Å².